The van der Waals surface area contributed by atoms with Gasteiger partial charge in [-0.3, -0.25) is 0 Å². The van der Waals surface area contributed by atoms with Crippen LogP contribution < -0.4 is 5.73 Å². The molecule has 1 aromatic heterocycles. The van der Waals surface area contributed by atoms with E-state index in [1.54, 1.807) is 0 Å². The van der Waals surface area contributed by atoms with Crippen LogP contribution in [0.3, 0.4) is 0 Å². The van der Waals surface area contributed by atoms with Crippen LogP contribution in [0.1, 0.15) is 41.0 Å². The molecule has 5 heteroatoms. The van der Waals surface area contributed by atoms with Crippen LogP contribution in [0.4, 0.5) is 5.69 Å². The van der Waals surface area contributed by atoms with E-state index in [0.717, 1.165) is 23.5 Å². The first kappa shape index (κ1) is 14.5. The number of anilines is 1. The molecule has 0 radical (unpaired) electrons. The first-order chi connectivity index (χ1) is 9.19. The summed E-state index contributed by atoms with van der Waals surface area (Å²) in [6.45, 7) is 11.0. The van der Waals surface area contributed by atoms with E-state index in [4.69, 9.17) is 5.73 Å². The lowest BCUT2D eigenvalue weighted by Gasteiger charge is -2.32. The molecule has 0 amide bonds. The van der Waals surface area contributed by atoms with Gasteiger partial charge in [0.25, 0.3) is 0 Å². The molecule has 108 valence electrons. The highest BCUT2D eigenvalue weighted by atomic mass is 15.6. The SMILES string of the molecule is CC(C)(C)CC(C)(C)n1nnnc1-c1ccc(N)cc1. The van der Waals surface area contributed by atoms with Gasteiger partial charge in [0.05, 0.1) is 5.54 Å². The highest BCUT2D eigenvalue weighted by Crippen LogP contribution is 2.33. The predicted molar refractivity (Wildman–Crippen MR) is 81.1 cm³/mol. The van der Waals surface area contributed by atoms with Gasteiger partial charge in [0.2, 0.25) is 0 Å². The minimum atomic E-state index is -0.154. The molecule has 0 saturated carbocycles. The van der Waals surface area contributed by atoms with E-state index in [-0.39, 0.29) is 11.0 Å². The number of hydrogen-bond acceptors (Lipinski definition) is 4. The Hall–Kier alpha value is -1.91. The second-order valence-electron chi connectivity index (χ2n) is 7.09. The van der Waals surface area contributed by atoms with Gasteiger partial charge < -0.3 is 5.73 Å². The van der Waals surface area contributed by atoms with Crippen LogP contribution in [0.5, 0.6) is 0 Å². The number of rotatable bonds is 3. The van der Waals surface area contributed by atoms with E-state index in [1.165, 1.54) is 0 Å². The van der Waals surface area contributed by atoms with Gasteiger partial charge in [-0.1, -0.05) is 20.8 Å². The molecule has 0 fully saturated rings. The molecule has 0 spiro atoms. The van der Waals surface area contributed by atoms with Crippen molar-refractivity contribution >= 4 is 5.69 Å². The molecule has 0 aliphatic heterocycles. The Labute approximate surface area is 120 Å². The molecule has 2 rings (SSSR count). The Balaban J connectivity index is 2.40. The smallest absolute Gasteiger partial charge is 0.182 e. The summed E-state index contributed by atoms with van der Waals surface area (Å²) < 4.78 is 1.91. The highest BCUT2D eigenvalue weighted by Gasteiger charge is 2.30. The van der Waals surface area contributed by atoms with Crippen molar-refractivity contribution in [2.45, 2.75) is 46.6 Å². The molecular formula is C15H23N5. The lowest BCUT2D eigenvalue weighted by molar-refractivity contribution is 0.197. The van der Waals surface area contributed by atoms with Gasteiger partial charge >= 0.3 is 0 Å². The monoisotopic (exact) mass is 273 g/mol. The third-order valence-electron chi connectivity index (χ3n) is 3.17. The molecular weight excluding hydrogens is 250 g/mol. The van der Waals surface area contributed by atoms with E-state index in [2.05, 4.69) is 50.1 Å². The number of nitrogen functional groups attached to an aromatic ring is 1. The maximum absolute atomic E-state index is 5.73. The number of aromatic nitrogens is 4. The fourth-order valence-corrected chi connectivity index (χ4v) is 2.78. The lowest BCUT2D eigenvalue weighted by atomic mass is 9.82. The Morgan fingerprint density at radius 2 is 1.65 bits per heavy atom. The van der Waals surface area contributed by atoms with Gasteiger partial charge in [-0.2, -0.15) is 0 Å². The summed E-state index contributed by atoms with van der Waals surface area (Å²) in [6.07, 6.45) is 0.979. The average molecular weight is 273 g/mol. The van der Waals surface area contributed by atoms with Crippen molar-refractivity contribution in [3.8, 4) is 11.4 Å². The summed E-state index contributed by atoms with van der Waals surface area (Å²) in [4.78, 5) is 0. The summed E-state index contributed by atoms with van der Waals surface area (Å²) in [5.74, 6) is 0.777. The Bertz CT molecular complexity index is 575. The van der Waals surface area contributed by atoms with E-state index >= 15 is 0 Å². The van der Waals surface area contributed by atoms with Gasteiger partial charge in [0.1, 0.15) is 0 Å². The van der Waals surface area contributed by atoms with E-state index in [1.807, 2.05) is 28.9 Å². The predicted octanol–water partition coefficient (Wildman–Crippen LogP) is 3.09. The van der Waals surface area contributed by atoms with Gasteiger partial charge in [-0.25, -0.2) is 4.68 Å². The second-order valence-corrected chi connectivity index (χ2v) is 7.09. The van der Waals surface area contributed by atoms with Crippen molar-refractivity contribution < 1.29 is 0 Å². The molecule has 0 unspecified atom stereocenters. The van der Waals surface area contributed by atoms with Gasteiger partial charge in [-0.05, 0) is 60.4 Å². The van der Waals surface area contributed by atoms with Crippen molar-refractivity contribution in [2.24, 2.45) is 5.41 Å². The minimum Gasteiger partial charge on any atom is -0.399 e. The maximum Gasteiger partial charge on any atom is 0.182 e. The van der Waals surface area contributed by atoms with Crippen LogP contribution >= 0.6 is 0 Å². The molecule has 2 N–H and O–H groups in total. The fourth-order valence-electron chi connectivity index (χ4n) is 2.78. The number of tetrazole rings is 1. The molecule has 0 aliphatic carbocycles. The average Bonchev–Trinajstić information content (AvgIpc) is 2.76. The summed E-state index contributed by atoms with van der Waals surface area (Å²) in [5.41, 5.74) is 7.49. The molecule has 0 aliphatic rings. The van der Waals surface area contributed by atoms with Crippen molar-refractivity contribution in [2.75, 3.05) is 5.73 Å². The van der Waals surface area contributed by atoms with Crippen LogP contribution in [-0.2, 0) is 5.54 Å². The zero-order chi connectivity index (χ0) is 15.0. The molecule has 1 heterocycles. The zero-order valence-corrected chi connectivity index (χ0v) is 12.9. The van der Waals surface area contributed by atoms with Gasteiger partial charge in [0.15, 0.2) is 5.82 Å². The van der Waals surface area contributed by atoms with Crippen LogP contribution in [0.2, 0.25) is 0 Å². The number of benzene rings is 1. The summed E-state index contributed by atoms with van der Waals surface area (Å²) >= 11 is 0. The van der Waals surface area contributed by atoms with E-state index in [9.17, 15) is 0 Å². The third-order valence-corrected chi connectivity index (χ3v) is 3.17. The van der Waals surface area contributed by atoms with Crippen LogP contribution in [0.15, 0.2) is 24.3 Å². The Kier molecular flexibility index (Phi) is 3.54. The van der Waals surface area contributed by atoms with Crippen molar-refractivity contribution in [3.63, 3.8) is 0 Å². The van der Waals surface area contributed by atoms with Crippen molar-refractivity contribution in [3.05, 3.63) is 24.3 Å². The topological polar surface area (TPSA) is 69.6 Å². The molecule has 0 saturated heterocycles. The Morgan fingerprint density at radius 3 is 2.20 bits per heavy atom. The Morgan fingerprint density at radius 1 is 1.05 bits per heavy atom. The summed E-state index contributed by atoms with van der Waals surface area (Å²) in [5, 5.41) is 12.2. The normalized spacial score (nSPS) is 12.7. The van der Waals surface area contributed by atoms with Crippen molar-refractivity contribution in [1.82, 2.24) is 20.2 Å². The molecule has 1 aromatic carbocycles. The molecule has 0 atom stereocenters. The largest absolute Gasteiger partial charge is 0.399 e. The molecule has 2 aromatic rings. The summed E-state index contributed by atoms with van der Waals surface area (Å²) in [6, 6.07) is 7.63. The lowest BCUT2D eigenvalue weighted by Crippen LogP contribution is -2.33. The summed E-state index contributed by atoms with van der Waals surface area (Å²) in [7, 11) is 0. The quantitative estimate of drug-likeness (QED) is 0.872. The number of nitrogens with two attached hydrogens (primary N) is 1. The first-order valence-electron chi connectivity index (χ1n) is 6.84. The second kappa shape index (κ2) is 4.89. The number of nitrogens with zero attached hydrogens (tertiary/aromatic N) is 4. The first-order valence-corrected chi connectivity index (χ1v) is 6.84. The van der Waals surface area contributed by atoms with Crippen molar-refractivity contribution in [1.29, 1.82) is 0 Å². The van der Waals surface area contributed by atoms with Crippen LogP contribution in [0, 0.1) is 5.41 Å². The van der Waals surface area contributed by atoms with Gasteiger partial charge in [0, 0.05) is 11.3 Å². The number of hydrogen-bond donors (Lipinski definition) is 1. The van der Waals surface area contributed by atoms with Crippen LogP contribution in [0.25, 0.3) is 11.4 Å². The molecule has 5 nitrogen and oxygen atoms in total. The molecule has 0 bridgehead atoms. The third kappa shape index (κ3) is 3.15. The fraction of sp³-hybridized carbons (Fsp3) is 0.533. The van der Waals surface area contributed by atoms with E-state index < -0.39 is 0 Å². The van der Waals surface area contributed by atoms with Crippen LogP contribution in [-0.4, -0.2) is 20.2 Å². The van der Waals surface area contributed by atoms with Gasteiger partial charge in [-0.15, -0.1) is 5.10 Å². The zero-order valence-electron chi connectivity index (χ0n) is 12.9. The maximum atomic E-state index is 5.73. The minimum absolute atomic E-state index is 0.154. The van der Waals surface area contributed by atoms with E-state index in [0.29, 0.717) is 0 Å². The highest BCUT2D eigenvalue weighted by molar-refractivity contribution is 5.58. The standard InChI is InChI=1S/C15H23N5/c1-14(2,3)10-15(4,5)20-13(17-18-19-20)11-6-8-12(16)9-7-11/h6-9H,10,16H2,1-5H3. The molecule has 20 heavy (non-hydrogen) atoms.